The van der Waals surface area contributed by atoms with Crippen LogP contribution in [0, 0.1) is 5.92 Å². The van der Waals surface area contributed by atoms with Gasteiger partial charge >= 0.3 is 0 Å². The number of nitrogens with one attached hydrogen (secondary N) is 1. The molecule has 0 bridgehead atoms. The SMILES string of the molecule is CC(Cc1cccc(C(=O)NCc2ccc(Cl)cc2)c1)CC1(CC(O)c2ccc(O)c(CO)c2)C=CC=N1. The lowest BCUT2D eigenvalue weighted by atomic mass is 9.81. The number of aliphatic hydroxyl groups excluding tert-OH is 2. The number of halogens is 1. The summed E-state index contributed by atoms with van der Waals surface area (Å²) in [6.45, 7) is 2.27. The number of nitrogens with zero attached hydrogens (tertiary/aromatic N) is 1. The van der Waals surface area contributed by atoms with Crippen LogP contribution < -0.4 is 5.32 Å². The van der Waals surface area contributed by atoms with Crippen molar-refractivity contribution in [3.05, 3.63) is 112 Å². The first-order valence-corrected chi connectivity index (χ1v) is 13.1. The third kappa shape index (κ3) is 7.10. The van der Waals surface area contributed by atoms with Crippen LogP contribution in [0.25, 0.3) is 0 Å². The molecule has 3 aromatic rings. The van der Waals surface area contributed by atoms with Gasteiger partial charge in [0.05, 0.1) is 18.2 Å². The number of benzene rings is 3. The smallest absolute Gasteiger partial charge is 0.251 e. The van der Waals surface area contributed by atoms with E-state index in [1.54, 1.807) is 30.5 Å². The van der Waals surface area contributed by atoms with Gasteiger partial charge in [0.1, 0.15) is 5.75 Å². The number of carbonyl (C=O) groups excluding carboxylic acids is 1. The summed E-state index contributed by atoms with van der Waals surface area (Å²) in [6.07, 6.45) is 6.75. The van der Waals surface area contributed by atoms with E-state index in [0.717, 1.165) is 24.0 Å². The highest BCUT2D eigenvalue weighted by Gasteiger charge is 2.33. The van der Waals surface area contributed by atoms with Gasteiger partial charge in [-0.15, -0.1) is 0 Å². The van der Waals surface area contributed by atoms with E-state index >= 15 is 0 Å². The van der Waals surface area contributed by atoms with Crippen LogP contribution in [0.4, 0.5) is 0 Å². The number of hydrogen-bond acceptors (Lipinski definition) is 5. The zero-order chi connectivity index (χ0) is 27.1. The molecule has 0 fully saturated rings. The zero-order valence-corrected chi connectivity index (χ0v) is 22.1. The highest BCUT2D eigenvalue weighted by molar-refractivity contribution is 6.30. The van der Waals surface area contributed by atoms with Crippen LogP contribution in [0.15, 0.2) is 83.9 Å². The standard InChI is InChI=1S/C31H33ClN2O4/c1-21(14-23-4-2-5-25(15-23)30(38)33-19-22-6-9-27(32)10-7-22)17-31(12-3-13-34-31)18-29(37)24-8-11-28(36)26(16-24)20-35/h2-13,15-16,21,29,35-37H,14,17-20H2,1H3,(H,33,38). The third-order valence-electron chi connectivity index (χ3n) is 6.87. The van der Waals surface area contributed by atoms with E-state index in [-0.39, 0.29) is 24.2 Å². The minimum atomic E-state index is -0.805. The van der Waals surface area contributed by atoms with E-state index in [1.807, 2.05) is 48.6 Å². The number of carbonyl (C=O) groups is 1. The molecule has 0 radical (unpaired) electrons. The van der Waals surface area contributed by atoms with Gasteiger partial charge in [0.15, 0.2) is 0 Å². The van der Waals surface area contributed by atoms with E-state index in [9.17, 15) is 20.1 Å². The molecule has 6 nitrogen and oxygen atoms in total. The fourth-order valence-electron chi connectivity index (χ4n) is 4.98. The van der Waals surface area contributed by atoms with Crippen molar-refractivity contribution in [3.63, 3.8) is 0 Å². The van der Waals surface area contributed by atoms with Crippen LogP contribution >= 0.6 is 11.6 Å². The molecule has 3 aromatic carbocycles. The Labute approximate surface area is 228 Å². The number of phenols is 1. The number of aliphatic imine (C=N–C) groups is 1. The van der Waals surface area contributed by atoms with E-state index in [4.69, 9.17) is 16.6 Å². The molecule has 38 heavy (non-hydrogen) atoms. The largest absolute Gasteiger partial charge is 0.508 e. The molecule has 0 spiro atoms. The molecule has 4 rings (SSSR count). The fraction of sp³-hybridized carbons (Fsp3) is 0.290. The molecule has 1 aliphatic heterocycles. The Morgan fingerprint density at radius 1 is 1.05 bits per heavy atom. The second-order valence-corrected chi connectivity index (χ2v) is 10.5. The van der Waals surface area contributed by atoms with Crippen LogP contribution in [-0.2, 0) is 19.6 Å². The number of allylic oxidation sites excluding steroid dienone is 1. The van der Waals surface area contributed by atoms with Gasteiger partial charge in [0, 0.05) is 35.3 Å². The Morgan fingerprint density at radius 2 is 1.84 bits per heavy atom. The van der Waals surface area contributed by atoms with E-state index < -0.39 is 11.6 Å². The molecular formula is C31H33ClN2O4. The first-order valence-electron chi connectivity index (χ1n) is 12.7. The highest BCUT2D eigenvalue weighted by atomic mass is 35.5. The first-order chi connectivity index (χ1) is 18.3. The van der Waals surface area contributed by atoms with E-state index in [1.165, 1.54) is 6.07 Å². The molecule has 0 saturated carbocycles. The molecule has 1 aliphatic rings. The summed E-state index contributed by atoms with van der Waals surface area (Å²) in [5.74, 6) is 0.0993. The van der Waals surface area contributed by atoms with Crippen LogP contribution in [0.1, 0.15) is 58.5 Å². The Hall–Kier alpha value is -3.45. The second kappa shape index (κ2) is 12.4. The topological polar surface area (TPSA) is 102 Å². The molecule has 1 heterocycles. The zero-order valence-electron chi connectivity index (χ0n) is 21.3. The van der Waals surface area contributed by atoms with Crippen LogP contribution in [0.2, 0.25) is 5.02 Å². The van der Waals surface area contributed by atoms with Gasteiger partial charge < -0.3 is 20.6 Å². The van der Waals surface area contributed by atoms with E-state index in [0.29, 0.717) is 34.7 Å². The van der Waals surface area contributed by atoms with Crippen molar-refractivity contribution in [2.24, 2.45) is 10.9 Å². The van der Waals surface area contributed by atoms with Gasteiger partial charge in [-0.3, -0.25) is 9.79 Å². The summed E-state index contributed by atoms with van der Waals surface area (Å²) in [5.41, 5.74) is 3.11. The number of rotatable bonds is 11. The molecule has 3 unspecified atom stereocenters. The van der Waals surface area contributed by atoms with Crippen molar-refractivity contribution < 1.29 is 20.1 Å². The van der Waals surface area contributed by atoms with Crippen molar-refractivity contribution >= 4 is 23.7 Å². The molecule has 3 atom stereocenters. The Morgan fingerprint density at radius 3 is 2.55 bits per heavy atom. The summed E-state index contributed by atoms with van der Waals surface area (Å²) in [4.78, 5) is 17.5. The Kier molecular flexibility index (Phi) is 9.00. The van der Waals surface area contributed by atoms with Crippen LogP contribution in [0.5, 0.6) is 5.75 Å². The maximum atomic E-state index is 12.8. The van der Waals surface area contributed by atoms with E-state index in [2.05, 4.69) is 12.2 Å². The van der Waals surface area contributed by atoms with Crippen molar-refractivity contribution in [2.75, 3.05) is 0 Å². The minimum Gasteiger partial charge on any atom is -0.508 e. The van der Waals surface area contributed by atoms with Crippen molar-refractivity contribution in [1.29, 1.82) is 0 Å². The Bertz CT molecular complexity index is 1310. The van der Waals surface area contributed by atoms with Gasteiger partial charge in [0.25, 0.3) is 5.91 Å². The fourth-order valence-corrected chi connectivity index (χ4v) is 5.10. The third-order valence-corrected chi connectivity index (χ3v) is 7.12. The summed E-state index contributed by atoms with van der Waals surface area (Å²) < 4.78 is 0. The summed E-state index contributed by atoms with van der Waals surface area (Å²) >= 11 is 5.93. The van der Waals surface area contributed by atoms with Gasteiger partial charge in [-0.25, -0.2) is 0 Å². The monoisotopic (exact) mass is 532 g/mol. The normalized spacial score (nSPS) is 17.9. The predicted molar refractivity (Wildman–Crippen MR) is 151 cm³/mol. The molecule has 1 amide bonds. The average Bonchev–Trinajstić information content (AvgIpc) is 3.35. The molecule has 0 saturated heterocycles. The van der Waals surface area contributed by atoms with Gasteiger partial charge in [-0.05, 0) is 77.9 Å². The highest BCUT2D eigenvalue weighted by Crippen LogP contribution is 2.37. The van der Waals surface area contributed by atoms with Gasteiger partial charge in [0.2, 0.25) is 0 Å². The molecule has 198 valence electrons. The number of aromatic hydroxyl groups is 1. The second-order valence-electron chi connectivity index (χ2n) is 10.0. The van der Waals surface area contributed by atoms with Crippen molar-refractivity contribution in [2.45, 2.75) is 51.0 Å². The van der Waals surface area contributed by atoms with Crippen LogP contribution in [-0.4, -0.2) is 33.0 Å². The average molecular weight is 533 g/mol. The lowest BCUT2D eigenvalue weighted by molar-refractivity contribution is 0.0950. The Balaban J connectivity index is 1.38. The quantitative estimate of drug-likeness (QED) is 0.260. The molecule has 0 aromatic heterocycles. The summed E-state index contributed by atoms with van der Waals surface area (Å²) in [6, 6.07) is 19.8. The van der Waals surface area contributed by atoms with Crippen LogP contribution in [0.3, 0.4) is 0 Å². The summed E-state index contributed by atoms with van der Waals surface area (Å²) in [7, 11) is 0. The molecule has 7 heteroatoms. The number of aliphatic hydroxyl groups is 2. The molecule has 0 aliphatic carbocycles. The lowest BCUT2D eigenvalue weighted by Crippen LogP contribution is -2.28. The first kappa shape index (κ1) is 27.6. The minimum absolute atomic E-state index is 0.00598. The lowest BCUT2D eigenvalue weighted by Gasteiger charge is -2.30. The molecule has 4 N–H and O–H groups in total. The number of amides is 1. The van der Waals surface area contributed by atoms with Gasteiger partial charge in [-0.1, -0.05) is 54.9 Å². The number of hydrogen-bond donors (Lipinski definition) is 4. The molecular weight excluding hydrogens is 500 g/mol. The van der Waals surface area contributed by atoms with Crippen molar-refractivity contribution in [1.82, 2.24) is 5.32 Å². The van der Waals surface area contributed by atoms with Crippen molar-refractivity contribution in [3.8, 4) is 5.75 Å². The van der Waals surface area contributed by atoms with Gasteiger partial charge in [-0.2, -0.15) is 0 Å². The maximum absolute atomic E-state index is 12.8. The predicted octanol–water partition coefficient (Wildman–Crippen LogP) is 5.54. The summed E-state index contributed by atoms with van der Waals surface area (Å²) in [5, 5.41) is 33.9. The maximum Gasteiger partial charge on any atom is 0.251 e.